The van der Waals surface area contributed by atoms with Gasteiger partial charge in [-0.1, -0.05) is 0 Å². The molecule has 3 N–H and O–H groups in total. The minimum atomic E-state index is -1.26. The highest BCUT2D eigenvalue weighted by Crippen LogP contribution is 2.21. The van der Waals surface area contributed by atoms with Gasteiger partial charge in [0.15, 0.2) is 6.04 Å². The van der Waals surface area contributed by atoms with Crippen LogP contribution in [-0.4, -0.2) is 63.9 Å². The van der Waals surface area contributed by atoms with E-state index in [2.05, 4.69) is 5.32 Å². The predicted octanol–water partition coefficient (Wildman–Crippen LogP) is -0.0327. The SMILES string of the molecule is CC(O)C(NC(=O)N(C)C1CCSC1)C(=O)O. The zero-order valence-corrected chi connectivity index (χ0v) is 10.7. The highest BCUT2D eigenvalue weighted by molar-refractivity contribution is 7.99. The van der Waals surface area contributed by atoms with Crippen LogP contribution >= 0.6 is 11.8 Å². The fourth-order valence-electron chi connectivity index (χ4n) is 1.62. The van der Waals surface area contributed by atoms with E-state index in [0.29, 0.717) is 0 Å². The van der Waals surface area contributed by atoms with Crippen molar-refractivity contribution in [1.82, 2.24) is 10.2 Å². The molecule has 2 amide bonds. The van der Waals surface area contributed by atoms with Crippen LogP contribution in [0.5, 0.6) is 0 Å². The molecular formula is C10H18N2O4S. The zero-order valence-electron chi connectivity index (χ0n) is 9.92. The van der Waals surface area contributed by atoms with Crippen LogP contribution in [0.1, 0.15) is 13.3 Å². The first-order valence-corrected chi connectivity index (χ1v) is 6.61. The summed E-state index contributed by atoms with van der Waals surface area (Å²) in [6.45, 7) is 1.34. The third-order valence-corrected chi connectivity index (χ3v) is 3.95. The summed E-state index contributed by atoms with van der Waals surface area (Å²) in [6.07, 6.45) is -0.205. The van der Waals surface area contributed by atoms with Gasteiger partial charge in [-0.2, -0.15) is 11.8 Å². The summed E-state index contributed by atoms with van der Waals surface area (Å²) < 4.78 is 0. The molecule has 17 heavy (non-hydrogen) atoms. The molecule has 6 nitrogen and oxygen atoms in total. The molecule has 3 atom stereocenters. The third kappa shape index (κ3) is 3.78. The van der Waals surface area contributed by atoms with Crippen molar-refractivity contribution >= 4 is 23.8 Å². The van der Waals surface area contributed by atoms with Crippen LogP contribution in [0.25, 0.3) is 0 Å². The molecule has 0 radical (unpaired) electrons. The van der Waals surface area contributed by atoms with Gasteiger partial charge < -0.3 is 20.4 Å². The summed E-state index contributed by atoms with van der Waals surface area (Å²) in [6, 6.07) is -1.58. The summed E-state index contributed by atoms with van der Waals surface area (Å²) >= 11 is 1.77. The predicted molar refractivity (Wildman–Crippen MR) is 65.1 cm³/mol. The number of thioether (sulfide) groups is 1. The number of aliphatic hydroxyl groups is 1. The number of carboxylic acid groups (broad SMARTS) is 1. The zero-order chi connectivity index (χ0) is 13.0. The summed E-state index contributed by atoms with van der Waals surface area (Å²) in [5.41, 5.74) is 0. The number of urea groups is 1. The summed E-state index contributed by atoms with van der Waals surface area (Å²) in [4.78, 5) is 24.1. The number of amides is 2. The quantitative estimate of drug-likeness (QED) is 0.662. The van der Waals surface area contributed by atoms with E-state index >= 15 is 0 Å². The van der Waals surface area contributed by atoms with Gasteiger partial charge in [-0.25, -0.2) is 9.59 Å². The second kappa shape index (κ2) is 6.11. The van der Waals surface area contributed by atoms with Gasteiger partial charge in [-0.3, -0.25) is 0 Å². The number of aliphatic hydroxyl groups excluding tert-OH is 1. The Balaban J connectivity index is 2.54. The van der Waals surface area contributed by atoms with Crippen LogP contribution in [0.4, 0.5) is 4.79 Å². The van der Waals surface area contributed by atoms with Gasteiger partial charge in [0.1, 0.15) is 0 Å². The molecule has 1 aliphatic heterocycles. The van der Waals surface area contributed by atoms with Gasteiger partial charge in [0.25, 0.3) is 0 Å². The first kappa shape index (κ1) is 14.1. The molecule has 0 saturated carbocycles. The molecule has 3 unspecified atom stereocenters. The Bertz CT molecular complexity index is 292. The standard InChI is InChI=1S/C10H18N2O4S/c1-6(13)8(9(14)15)11-10(16)12(2)7-3-4-17-5-7/h6-8,13H,3-5H2,1-2H3,(H,11,16)(H,14,15). The van der Waals surface area contributed by atoms with E-state index in [1.165, 1.54) is 11.8 Å². The van der Waals surface area contributed by atoms with Crippen molar-refractivity contribution in [2.45, 2.75) is 31.5 Å². The van der Waals surface area contributed by atoms with E-state index in [1.807, 2.05) is 0 Å². The van der Waals surface area contributed by atoms with Crippen LogP contribution in [-0.2, 0) is 4.79 Å². The van der Waals surface area contributed by atoms with Gasteiger partial charge in [-0.05, 0) is 19.1 Å². The van der Waals surface area contributed by atoms with E-state index in [4.69, 9.17) is 5.11 Å². The maximum absolute atomic E-state index is 11.8. The van der Waals surface area contributed by atoms with E-state index in [-0.39, 0.29) is 6.04 Å². The first-order chi connectivity index (χ1) is 7.93. The van der Waals surface area contributed by atoms with Crippen molar-refractivity contribution in [1.29, 1.82) is 0 Å². The lowest BCUT2D eigenvalue weighted by atomic mass is 10.2. The normalized spacial score (nSPS) is 22.9. The molecule has 7 heteroatoms. The first-order valence-electron chi connectivity index (χ1n) is 5.45. The van der Waals surface area contributed by atoms with E-state index < -0.39 is 24.1 Å². The Labute approximate surface area is 104 Å². The lowest BCUT2D eigenvalue weighted by molar-refractivity contribution is -0.141. The van der Waals surface area contributed by atoms with Gasteiger partial charge in [0, 0.05) is 18.8 Å². The van der Waals surface area contributed by atoms with Crippen molar-refractivity contribution in [2.24, 2.45) is 0 Å². The van der Waals surface area contributed by atoms with Crippen LogP contribution in [0.15, 0.2) is 0 Å². The number of aliphatic carboxylic acids is 1. The third-order valence-electron chi connectivity index (χ3n) is 2.80. The van der Waals surface area contributed by atoms with Gasteiger partial charge in [-0.15, -0.1) is 0 Å². The van der Waals surface area contributed by atoms with Crippen molar-refractivity contribution in [3.8, 4) is 0 Å². The maximum atomic E-state index is 11.8. The Morgan fingerprint density at radius 2 is 2.18 bits per heavy atom. The molecular weight excluding hydrogens is 244 g/mol. The average molecular weight is 262 g/mol. The minimum Gasteiger partial charge on any atom is -0.480 e. The lowest BCUT2D eigenvalue weighted by Crippen LogP contribution is -2.53. The van der Waals surface area contributed by atoms with Crippen molar-refractivity contribution < 1.29 is 19.8 Å². The number of carboxylic acids is 1. The second-order valence-corrected chi connectivity index (χ2v) is 5.28. The number of carbonyl (C=O) groups is 2. The molecule has 1 saturated heterocycles. The number of nitrogens with zero attached hydrogens (tertiary/aromatic N) is 1. The van der Waals surface area contributed by atoms with Crippen molar-refractivity contribution in [3.63, 3.8) is 0 Å². The Morgan fingerprint density at radius 1 is 1.53 bits per heavy atom. The monoisotopic (exact) mass is 262 g/mol. The minimum absolute atomic E-state index is 0.142. The largest absolute Gasteiger partial charge is 0.480 e. The molecule has 1 aliphatic rings. The van der Waals surface area contributed by atoms with E-state index in [9.17, 15) is 14.7 Å². The highest BCUT2D eigenvalue weighted by atomic mass is 32.2. The van der Waals surface area contributed by atoms with E-state index in [1.54, 1.807) is 18.8 Å². The van der Waals surface area contributed by atoms with Crippen LogP contribution < -0.4 is 5.32 Å². The molecule has 98 valence electrons. The smallest absolute Gasteiger partial charge is 0.328 e. The van der Waals surface area contributed by atoms with Crippen LogP contribution in [0, 0.1) is 0 Å². The van der Waals surface area contributed by atoms with Crippen molar-refractivity contribution in [2.75, 3.05) is 18.6 Å². The van der Waals surface area contributed by atoms with Gasteiger partial charge >= 0.3 is 12.0 Å². The number of carbonyl (C=O) groups excluding carboxylic acids is 1. The van der Waals surface area contributed by atoms with Crippen LogP contribution in [0.3, 0.4) is 0 Å². The molecule has 1 heterocycles. The molecule has 0 aromatic rings. The number of hydrogen-bond donors (Lipinski definition) is 3. The number of hydrogen-bond acceptors (Lipinski definition) is 4. The molecule has 0 aromatic carbocycles. The van der Waals surface area contributed by atoms with Crippen LogP contribution in [0.2, 0.25) is 0 Å². The Hall–Kier alpha value is -0.950. The Morgan fingerprint density at radius 3 is 2.59 bits per heavy atom. The molecule has 0 aromatic heterocycles. The summed E-state index contributed by atoms with van der Waals surface area (Å²) in [7, 11) is 1.65. The van der Waals surface area contributed by atoms with Crippen molar-refractivity contribution in [3.05, 3.63) is 0 Å². The molecule has 0 bridgehead atoms. The maximum Gasteiger partial charge on any atom is 0.328 e. The van der Waals surface area contributed by atoms with Gasteiger partial charge in [0.2, 0.25) is 0 Å². The lowest BCUT2D eigenvalue weighted by Gasteiger charge is -2.26. The molecule has 0 spiro atoms. The fourth-order valence-corrected chi connectivity index (χ4v) is 2.88. The highest BCUT2D eigenvalue weighted by Gasteiger charge is 2.29. The summed E-state index contributed by atoms with van der Waals surface area (Å²) in [5.74, 6) is 0.653. The molecule has 1 rings (SSSR count). The second-order valence-electron chi connectivity index (χ2n) is 4.13. The topological polar surface area (TPSA) is 89.9 Å². The van der Waals surface area contributed by atoms with Gasteiger partial charge in [0.05, 0.1) is 6.10 Å². The fraction of sp³-hybridized carbons (Fsp3) is 0.800. The van der Waals surface area contributed by atoms with E-state index in [0.717, 1.165) is 17.9 Å². The number of nitrogens with one attached hydrogen (secondary N) is 1. The Kier molecular flexibility index (Phi) is 5.07. The molecule has 0 aliphatic carbocycles. The summed E-state index contributed by atoms with van der Waals surface area (Å²) in [5, 5.41) is 20.4. The number of rotatable bonds is 4. The average Bonchev–Trinajstić information content (AvgIpc) is 2.76. The molecule has 1 fully saturated rings.